The van der Waals surface area contributed by atoms with Gasteiger partial charge in [0.1, 0.15) is 0 Å². The molecule has 1 rings (SSSR count). The number of nitrogens with two attached hydrogens (primary N) is 1. The molecule has 3 N–H and O–H groups in total. The lowest BCUT2D eigenvalue weighted by Gasteiger charge is -2.32. The molecule has 1 aliphatic rings. The number of piperazine rings is 1. The van der Waals surface area contributed by atoms with Gasteiger partial charge >= 0.3 is 0 Å². The highest BCUT2D eigenvalue weighted by Gasteiger charge is 2.18. The molecule has 0 atom stereocenters. The van der Waals surface area contributed by atoms with Crippen molar-refractivity contribution in [1.29, 1.82) is 0 Å². The van der Waals surface area contributed by atoms with E-state index in [4.69, 9.17) is 5.73 Å². The normalized spacial score (nSPS) is 15.0. The summed E-state index contributed by atoms with van der Waals surface area (Å²) in [4.78, 5) is 27.2. The van der Waals surface area contributed by atoms with Gasteiger partial charge in [-0.1, -0.05) is 0 Å². The maximum atomic E-state index is 11.8. The molecule has 6 nitrogen and oxygen atoms in total. The summed E-state index contributed by atoms with van der Waals surface area (Å²) in [5.41, 5.74) is 5.32. The Balaban J connectivity index is 0. The Morgan fingerprint density at radius 2 is 1.70 bits per heavy atom. The lowest BCUT2D eigenvalue weighted by Crippen LogP contribution is -2.47. The SMILES string of the molecule is CN1CCN(C(=O)CCNC(=O)CCCN)CC1.Cl.Cl. The van der Waals surface area contributed by atoms with E-state index >= 15 is 0 Å². The molecule has 0 spiro atoms. The number of hydrogen-bond donors (Lipinski definition) is 2. The summed E-state index contributed by atoms with van der Waals surface area (Å²) in [6, 6.07) is 0. The Morgan fingerprint density at radius 3 is 2.25 bits per heavy atom. The highest BCUT2D eigenvalue weighted by Crippen LogP contribution is 2.01. The Labute approximate surface area is 133 Å². The molecule has 1 aliphatic heterocycles. The molecule has 20 heavy (non-hydrogen) atoms. The fraction of sp³-hybridized carbons (Fsp3) is 0.833. The molecule has 0 unspecified atom stereocenters. The van der Waals surface area contributed by atoms with Crippen molar-refractivity contribution >= 4 is 36.6 Å². The fourth-order valence-corrected chi connectivity index (χ4v) is 1.87. The summed E-state index contributed by atoms with van der Waals surface area (Å²) in [7, 11) is 2.06. The van der Waals surface area contributed by atoms with Crippen LogP contribution in [0.4, 0.5) is 0 Å². The van der Waals surface area contributed by atoms with Gasteiger partial charge in [0.2, 0.25) is 11.8 Å². The maximum Gasteiger partial charge on any atom is 0.224 e. The summed E-state index contributed by atoms with van der Waals surface area (Å²) >= 11 is 0. The monoisotopic (exact) mass is 328 g/mol. The van der Waals surface area contributed by atoms with E-state index < -0.39 is 0 Å². The topological polar surface area (TPSA) is 78.7 Å². The third kappa shape index (κ3) is 8.58. The number of likely N-dealkylation sites (N-methyl/N-ethyl adjacent to an activating group) is 1. The molecule has 1 saturated heterocycles. The molecule has 0 saturated carbocycles. The Hall–Kier alpha value is -0.560. The molecule has 1 fully saturated rings. The van der Waals surface area contributed by atoms with Crippen LogP contribution in [0.1, 0.15) is 19.3 Å². The van der Waals surface area contributed by atoms with Crippen LogP contribution in [0.5, 0.6) is 0 Å². The van der Waals surface area contributed by atoms with Gasteiger partial charge in [0.05, 0.1) is 0 Å². The van der Waals surface area contributed by atoms with Crippen LogP contribution in [-0.2, 0) is 9.59 Å². The van der Waals surface area contributed by atoms with E-state index in [1.165, 1.54) is 0 Å². The number of nitrogens with zero attached hydrogens (tertiary/aromatic N) is 2. The summed E-state index contributed by atoms with van der Waals surface area (Å²) in [6.45, 7) is 4.37. The van der Waals surface area contributed by atoms with Crippen molar-refractivity contribution in [3.8, 4) is 0 Å². The average molecular weight is 329 g/mol. The highest BCUT2D eigenvalue weighted by molar-refractivity contribution is 5.85. The summed E-state index contributed by atoms with van der Waals surface area (Å²) < 4.78 is 0. The van der Waals surface area contributed by atoms with Crippen LogP contribution < -0.4 is 11.1 Å². The molecule has 120 valence electrons. The zero-order chi connectivity index (χ0) is 13.4. The Morgan fingerprint density at radius 1 is 1.10 bits per heavy atom. The summed E-state index contributed by atoms with van der Waals surface area (Å²) in [5, 5.41) is 2.74. The first-order valence-electron chi connectivity index (χ1n) is 6.56. The molecule has 0 aromatic heterocycles. The van der Waals surface area contributed by atoms with E-state index in [-0.39, 0.29) is 36.6 Å². The van der Waals surface area contributed by atoms with Crippen LogP contribution in [0.25, 0.3) is 0 Å². The molecule has 0 radical (unpaired) electrons. The molecule has 0 aliphatic carbocycles. The van der Waals surface area contributed by atoms with Crippen LogP contribution in [-0.4, -0.2) is 67.9 Å². The largest absolute Gasteiger partial charge is 0.356 e. The van der Waals surface area contributed by atoms with Crippen molar-refractivity contribution < 1.29 is 9.59 Å². The number of carbonyl (C=O) groups excluding carboxylic acids is 2. The van der Waals surface area contributed by atoms with Crippen molar-refractivity contribution in [3.63, 3.8) is 0 Å². The van der Waals surface area contributed by atoms with Crippen molar-refractivity contribution in [2.45, 2.75) is 19.3 Å². The molecule has 8 heteroatoms. The van der Waals surface area contributed by atoms with Gasteiger partial charge < -0.3 is 20.9 Å². The van der Waals surface area contributed by atoms with Gasteiger partial charge in [0.15, 0.2) is 0 Å². The molecular formula is C12H26Cl2N4O2. The summed E-state index contributed by atoms with van der Waals surface area (Å²) in [6.07, 6.45) is 1.52. The van der Waals surface area contributed by atoms with Crippen molar-refractivity contribution in [1.82, 2.24) is 15.1 Å². The zero-order valence-electron chi connectivity index (χ0n) is 12.0. The van der Waals surface area contributed by atoms with Crippen molar-refractivity contribution in [2.75, 3.05) is 46.3 Å². The standard InChI is InChI=1S/C12H24N4O2.2ClH/c1-15-7-9-16(10-8-15)12(18)4-6-14-11(17)3-2-5-13;;/h2-10,13H2,1H3,(H,14,17);2*1H. The van der Waals surface area contributed by atoms with E-state index in [2.05, 4.69) is 17.3 Å². The molecular weight excluding hydrogens is 303 g/mol. The molecule has 0 aromatic rings. The van der Waals surface area contributed by atoms with Gasteiger partial charge in [-0.25, -0.2) is 0 Å². The van der Waals surface area contributed by atoms with Crippen molar-refractivity contribution in [2.24, 2.45) is 5.73 Å². The molecule has 0 bridgehead atoms. The van der Waals surface area contributed by atoms with Crippen LogP contribution in [0, 0.1) is 0 Å². The first-order valence-corrected chi connectivity index (χ1v) is 6.56. The minimum Gasteiger partial charge on any atom is -0.356 e. The van der Waals surface area contributed by atoms with Gasteiger partial charge in [0, 0.05) is 45.6 Å². The summed E-state index contributed by atoms with van der Waals surface area (Å²) in [5.74, 6) is 0.105. The predicted molar refractivity (Wildman–Crippen MR) is 84.5 cm³/mol. The number of hydrogen-bond acceptors (Lipinski definition) is 4. The Bertz CT molecular complexity index is 285. The number of amides is 2. The number of carbonyl (C=O) groups is 2. The zero-order valence-corrected chi connectivity index (χ0v) is 13.6. The first kappa shape index (κ1) is 21.7. The van der Waals surface area contributed by atoms with Crippen LogP contribution in [0.3, 0.4) is 0 Å². The number of halogens is 2. The second-order valence-corrected chi connectivity index (χ2v) is 4.68. The quantitative estimate of drug-likeness (QED) is 0.710. The molecule has 2 amide bonds. The van der Waals surface area contributed by atoms with E-state index in [1.807, 2.05) is 4.90 Å². The van der Waals surface area contributed by atoms with Gasteiger partial charge in [0.25, 0.3) is 0 Å². The third-order valence-electron chi connectivity index (χ3n) is 3.12. The first-order chi connectivity index (χ1) is 8.63. The van der Waals surface area contributed by atoms with Gasteiger partial charge in [-0.05, 0) is 20.0 Å². The Kier molecular flexibility index (Phi) is 13.3. The van der Waals surface area contributed by atoms with Crippen LogP contribution >= 0.6 is 24.8 Å². The molecule has 1 heterocycles. The second-order valence-electron chi connectivity index (χ2n) is 4.68. The van der Waals surface area contributed by atoms with E-state index in [1.54, 1.807) is 0 Å². The fourth-order valence-electron chi connectivity index (χ4n) is 1.87. The lowest BCUT2D eigenvalue weighted by atomic mass is 10.2. The second kappa shape index (κ2) is 12.2. The maximum absolute atomic E-state index is 11.8. The minimum atomic E-state index is -0.0216. The molecule has 0 aromatic carbocycles. The lowest BCUT2D eigenvalue weighted by molar-refractivity contribution is -0.132. The minimum absolute atomic E-state index is 0. The van der Waals surface area contributed by atoms with Crippen LogP contribution in [0.2, 0.25) is 0 Å². The van der Waals surface area contributed by atoms with E-state index in [0.29, 0.717) is 32.4 Å². The van der Waals surface area contributed by atoms with Crippen LogP contribution in [0.15, 0.2) is 0 Å². The third-order valence-corrected chi connectivity index (χ3v) is 3.12. The van der Waals surface area contributed by atoms with E-state index in [0.717, 1.165) is 26.2 Å². The highest BCUT2D eigenvalue weighted by atomic mass is 35.5. The van der Waals surface area contributed by atoms with Gasteiger partial charge in [-0.15, -0.1) is 24.8 Å². The number of nitrogens with one attached hydrogen (secondary N) is 1. The number of rotatable bonds is 6. The average Bonchev–Trinajstić information content (AvgIpc) is 2.37. The van der Waals surface area contributed by atoms with Gasteiger partial charge in [-0.2, -0.15) is 0 Å². The van der Waals surface area contributed by atoms with E-state index in [9.17, 15) is 9.59 Å². The van der Waals surface area contributed by atoms with Gasteiger partial charge in [-0.3, -0.25) is 9.59 Å². The predicted octanol–water partition coefficient (Wildman–Crippen LogP) is -0.151. The van der Waals surface area contributed by atoms with Crippen molar-refractivity contribution in [3.05, 3.63) is 0 Å². The smallest absolute Gasteiger partial charge is 0.224 e.